The molecule has 98 valence electrons. The van der Waals surface area contributed by atoms with E-state index in [1.54, 1.807) is 0 Å². The lowest BCUT2D eigenvalue weighted by molar-refractivity contribution is 0.0922. The Bertz CT molecular complexity index is 406. The number of hydrogen-bond donors (Lipinski definition) is 0. The number of Topliss-reactive ketones (excluding diaryl/α,β-unsaturated/α-hetero) is 1. The molecule has 1 aliphatic heterocycles. The van der Waals surface area contributed by atoms with Crippen LogP contribution in [0, 0.1) is 0 Å². The first-order valence-electron chi connectivity index (χ1n) is 6.26. The van der Waals surface area contributed by atoms with Gasteiger partial charge in [-0.3, -0.25) is 4.79 Å². The maximum absolute atomic E-state index is 12.0. The summed E-state index contributed by atoms with van der Waals surface area (Å²) in [5.41, 5.74) is 0.767. The third-order valence-corrected chi connectivity index (χ3v) is 4.05. The lowest BCUT2D eigenvalue weighted by Crippen LogP contribution is -2.06. The van der Waals surface area contributed by atoms with Crippen LogP contribution in [-0.2, 0) is 4.74 Å². The van der Waals surface area contributed by atoms with E-state index in [2.05, 4.69) is 31.9 Å². The number of hydrogen-bond acceptors (Lipinski definition) is 2. The molecule has 0 spiro atoms. The van der Waals surface area contributed by atoms with Crippen LogP contribution in [0.15, 0.2) is 27.1 Å². The summed E-state index contributed by atoms with van der Waals surface area (Å²) < 4.78 is 7.41. The smallest absolute Gasteiger partial charge is 0.162 e. The molecule has 18 heavy (non-hydrogen) atoms. The van der Waals surface area contributed by atoms with Gasteiger partial charge in [0.2, 0.25) is 0 Å². The first-order chi connectivity index (χ1) is 8.65. The Hall–Kier alpha value is -0.190. The van der Waals surface area contributed by atoms with Crippen molar-refractivity contribution in [2.75, 3.05) is 6.61 Å². The van der Waals surface area contributed by atoms with Crippen LogP contribution in [0.1, 0.15) is 42.5 Å². The Morgan fingerprint density at radius 1 is 1.28 bits per heavy atom. The number of halogens is 2. The van der Waals surface area contributed by atoms with Crippen molar-refractivity contribution in [3.05, 3.63) is 32.7 Å². The maximum Gasteiger partial charge on any atom is 0.162 e. The van der Waals surface area contributed by atoms with E-state index >= 15 is 0 Å². The van der Waals surface area contributed by atoms with Crippen molar-refractivity contribution in [3.63, 3.8) is 0 Å². The molecule has 0 aromatic heterocycles. The van der Waals surface area contributed by atoms with Gasteiger partial charge >= 0.3 is 0 Å². The number of carbonyl (C=O) groups excluding carboxylic acids is 1. The fraction of sp³-hybridized carbons (Fsp3) is 0.500. The van der Waals surface area contributed by atoms with Gasteiger partial charge < -0.3 is 4.74 Å². The highest BCUT2D eigenvalue weighted by atomic mass is 79.9. The molecular formula is C14H16Br2O2. The van der Waals surface area contributed by atoms with Crippen molar-refractivity contribution in [1.29, 1.82) is 0 Å². The first-order valence-corrected chi connectivity index (χ1v) is 7.84. The van der Waals surface area contributed by atoms with E-state index < -0.39 is 0 Å². The Morgan fingerprint density at radius 2 is 2.00 bits per heavy atom. The van der Waals surface area contributed by atoms with E-state index in [-0.39, 0.29) is 5.78 Å². The first kappa shape index (κ1) is 14.2. The molecule has 1 unspecified atom stereocenters. The van der Waals surface area contributed by atoms with Gasteiger partial charge in [-0.05, 0) is 43.9 Å². The molecular weight excluding hydrogens is 360 g/mol. The zero-order valence-electron chi connectivity index (χ0n) is 10.1. The van der Waals surface area contributed by atoms with Crippen LogP contribution < -0.4 is 0 Å². The van der Waals surface area contributed by atoms with E-state index in [1.165, 1.54) is 0 Å². The summed E-state index contributed by atoms with van der Waals surface area (Å²) in [4.78, 5) is 12.0. The third kappa shape index (κ3) is 4.18. The van der Waals surface area contributed by atoms with Gasteiger partial charge in [0.05, 0.1) is 6.10 Å². The van der Waals surface area contributed by atoms with Crippen LogP contribution in [0.25, 0.3) is 0 Å². The molecule has 1 fully saturated rings. The summed E-state index contributed by atoms with van der Waals surface area (Å²) >= 11 is 6.80. The average Bonchev–Trinajstić information content (AvgIpc) is 2.80. The summed E-state index contributed by atoms with van der Waals surface area (Å²) in [6, 6.07) is 5.68. The molecule has 0 bridgehead atoms. The Kier molecular flexibility index (Phi) is 5.39. The number of ketones is 1. The summed E-state index contributed by atoms with van der Waals surface area (Å²) in [7, 11) is 0. The molecule has 0 N–H and O–H groups in total. The summed E-state index contributed by atoms with van der Waals surface area (Å²) in [6.07, 6.45) is 5.21. The van der Waals surface area contributed by atoms with Gasteiger partial charge in [-0.25, -0.2) is 0 Å². The van der Waals surface area contributed by atoms with Crippen molar-refractivity contribution in [1.82, 2.24) is 0 Å². The van der Waals surface area contributed by atoms with Crippen LogP contribution in [0.3, 0.4) is 0 Å². The molecule has 1 saturated heterocycles. The highest BCUT2D eigenvalue weighted by Gasteiger charge is 2.16. The normalized spacial score (nSPS) is 19.1. The van der Waals surface area contributed by atoms with Gasteiger partial charge in [-0.1, -0.05) is 31.9 Å². The van der Waals surface area contributed by atoms with Gasteiger partial charge in [-0.15, -0.1) is 0 Å². The average molecular weight is 376 g/mol. The van der Waals surface area contributed by atoms with Gasteiger partial charge in [0, 0.05) is 27.5 Å². The predicted molar refractivity (Wildman–Crippen MR) is 79.0 cm³/mol. The molecule has 2 rings (SSSR count). The molecule has 1 atom stereocenters. The van der Waals surface area contributed by atoms with Crippen LogP contribution in [0.2, 0.25) is 0 Å². The van der Waals surface area contributed by atoms with E-state index in [1.807, 2.05) is 18.2 Å². The second-order valence-corrected chi connectivity index (χ2v) is 6.44. The number of benzene rings is 1. The highest BCUT2D eigenvalue weighted by molar-refractivity contribution is 9.11. The van der Waals surface area contributed by atoms with Gasteiger partial charge in [0.1, 0.15) is 0 Å². The Balaban J connectivity index is 1.83. The maximum atomic E-state index is 12.0. The summed E-state index contributed by atoms with van der Waals surface area (Å²) in [5.74, 6) is 0.204. The SMILES string of the molecule is O=C(CCCC1CCCO1)c1cc(Br)cc(Br)c1. The van der Waals surface area contributed by atoms with Gasteiger partial charge in [0.15, 0.2) is 5.78 Å². The monoisotopic (exact) mass is 374 g/mol. The molecule has 1 aromatic rings. The Labute approximate surface area is 124 Å². The zero-order valence-corrected chi connectivity index (χ0v) is 13.3. The van der Waals surface area contributed by atoms with Crippen molar-refractivity contribution in [2.45, 2.75) is 38.2 Å². The Morgan fingerprint density at radius 3 is 2.61 bits per heavy atom. The lowest BCUT2D eigenvalue weighted by atomic mass is 10.0. The van der Waals surface area contributed by atoms with E-state index in [0.717, 1.165) is 46.8 Å². The molecule has 0 aliphatic carbocycles. The molecule has 1 heterocycles. The molecule has 0 amide bonds. The van der Waals surface area contributed by atoms with Crippen LogP contribution in [0.4, 0.5) is 0 Å². The van der Waals surface area contributed by atoms with Crippen molar-refractivity contribution < 1.29 is 9.53 Å². The van der Waals surface area contributed by atoms with Crippen molar-refractivity contribution in [3.8, 4) is 0 Å². The highest BCUT2D eigenvalue weighted by Crippen LogP contribution is 2.22. The molecule has 2 nitrogen and oxygen atoms in total. The van der Waals surface area contributed by atoms with Crippen LogP contribution in [0.5, 0.6) is 0 Å². The molecule has 1 aliphatic rings. The topological polar surface area (TPSA) is 26.3 Å². The number of ether oxygens (including phenoxy) is 1. The van der Waals surface area contributed by atoms with E-state index in [4.69, 9.17) is 4.74 Å². The molecule has 0 saturated carbocycles. The zero-order chi connectivity index (χ0) is 13.0. The third-order valence-electron chi connectivity index (χ3n) is 3.14. The minimum absolute atomic E-state index is 0.204. The minimum Gasteiger partial charge on any atom is -0.378 e. The lowest BCUT2D eigenvalue weighted by Gasteiger charge is -2.08. The van der Waals surface area contributed by atoms with Crippen molar-refractivity contribution in [2.24, 2.45) is 0 Å². The molecule has 4 heteroatoms. The summed E-state index contributed by atoms with van der Waals surface area (Å²) in [5, 5.41) is 0. The predicted octanol–water partition coefficient (Wildman–Crippen LogP) is 4.74. The number of rotatable bonds is 5. The van der Waals surface area contributed by atoms with Crippen LogP contribution in [-0.4, -0.2) is 18.5 Å². The summed E-state index contributed by atoms with van der Waals surface area (Å²) in [6.45, 7) is 0.886. The largest absolute Gasteiger partial charge is 0.378 e. The van der Waals surface area contributed by atoms with E-state index in [0.29, 0.717) is 12.5 Å². The fourth-order valence-corrected chi connectivity index (χ4v) is 3.52. The van der Waals surface area contributed by atoms with Gasteiger partial charge in [0.25, 0.3) is 0 Å². The molecule has 1 aromatic carbocycles. The number of carbonyl (C=O) groups is 1. The standard InChI is InChI=1S/C14H16Br2O2/c15-11-7-10(8-12(16)9-11)14(17)5-1-3-13-4-2-6-18-13/h7-9,13H,1-6H2. The fourth-order valence-electron chi connectivity index (χ4n) is 2.22. The van der Waals surface area contributed by atoms with Crippen molar-refractivity contribution >= 4 is 37.6 Å². The second-order valence-electron chi connectivity index (χ2n) is 4.61. The van der Waals surface area contributed by atoms with E-state index in [9.17, 15) is 4.79 Å². The second kappa shape index (κ2) is 6.83. The molecule has 0 radical (unpaired) electrons. The quantitative estimate of drug-likeness (QED) is 0.694. The minimum atomic E-state index is 0.204. The van der Waals surface area contributed by atoms with Crippen LogP contribution >= 0.6 is 31.9 Å². The van der Waals surface area contributed by atoms with Gasteiger partial charge in [-0.2, -0.15) is 0 Å².